The van der Waals surface area contributed by atoms with Crippen LogP contribution in [0.4, 0.5) is 18.9 Å². The van der Waals surface area contributed by atoms with Gasteiger partial charge in [-0.25, -0.2) is 4.39 Å². The molecule has 0 saturated heterocycles. The van der Waals surface area contributed by atoms with Gasteiger partial charge in [-0.3, -0.25) is 0 Å². The van der Waals surface area contributed by atoms with Crippen LogP contribution in [0.3, 0.4) is 0 Å². The summed E-state index contributed by atoms with van der Waals surface area (Å²) in [6.07, 6.45) is 0. The summed E-state index contributed by atoms with van der Waals surface area (Å²) in [5.41, 5.74) is 5.18. The summed E-state index contributed by atoms with van der Waals surface area (Å²) in [6.45, 7) is -1.49. The van der Waals surface area contributed by atoms with Gasteiger partial charge >= 0.3 is 6.61 Å². The Kier molecular flexibility index (Phi) is 2.65. The first-order valence-electron chi connectivity index (χ1n) is 3.51. The molecule has 0 fully saturated rings. The Hall–Kier alpha value is -1.39. The van der Waals surface area contributed by atoms with E-state index in [2.05, 4.69) is 4.74 Å². The number of benzene rings is 1. The molecule has 1 rings (SSSR count). The number of alkyl halides is 2. The Morgan fingerprint density at radius 2 is 2.00 bits per heavy atom. The van der Waals surface area contributed by atoms with Gasteiger partial charge in [0, 0.05) is 0 Å². The average molecular weight is 191 g/mol. The standard InChI is InChI=1S/C8H8F3NO/c1-4-2-3-5(9)6(12)7(4)13-8(10)11/h2-3,8H,12H2,1H3. The predicted octanol–water partition coefficient (Wildman–Crippen LogP) is 2.32. The van der Waals surface area contributed by atoms with Crippen molar-refractivity contribution in [3.8, 4) is 5.75 Å². The minimum Gasteiger partial charge on any atom is -0.432 e. The third-order valence-corrected chi connectivity index (χ3v) is 1.55. The number of nitrogen functional groups attached to an aromatic ring is 1. The van der Waals surface area contributed by atoms with Gasteiger partial charge in [0.1, 0.15) is 11.5 Å². The zero-order valence-corrected chi connectivity index (χ0v) is 6.85. The third kappa shape index (κ3) is 2.05. The van der Waals surface area contributed by atoms with Gasteiger partial charge in [-0.1, -0.05) is 6.07 Å². The fraction of sp³-hybridized carbons (Fsp3) is 0.250. The summed E-state index contributed by atoms with van der Waals surface area (Å²) in [7, 11) is 0. The van der Waals surface area contributed by atoms with Crippen molar-refractivity contribution in [3.63, 3.8) is 0 Å². The molecule has 0 radical (unpaired) electrons. The highest BCUT2D eigenvalue weighted by atomic mass is 19.3. The summed E-state index contributed by atoms with van der Waals surface area (Å²) in [4.78, 5) is 0. The van der Waals surface area contributed by atoms with Crippen LogP contribution >= 0.6 is 0 Å². The van der Waals surface area contributed by atoms with Gasteiger partial charge in [-0.15, -0.1) is 0 Å². The van der Waals surface area contributed by atoms with Gasteiger partial charge < -0.3 is 10.5 Å². The highest BCUT2D eigenvalue weighted by molar-refractivity contribution is 5.57. The molecular formula is C8H8F3NO. The first kappa shape index (κ1) is 9.70. The molecule has 0 saturated carbocycles. The van der Waals surface area contributed by atoms with Gasteiger partial charge in [0.15, 0.2) is 5.75 Å². The van der Waals surface area contributed by atoms with Crippen LogP contribution in [-0.2, 0) is 0 Å². The van der Waals surface area contributed by atoms with Crippen LogP contribution in [-0.4, -0.2) is 6.61 Å². The molecule has 0 unspecified atom stereocenters. The zero-order valence-electron chi connectivity index (χ0n) is 6.85. The SMILES string of the molecule is Cc1ccc(F)c(N)c1OC(F)F. The predicted molar refractivity (Wildman–Crippen MR) is 42.2 cm³/mol. The van der Waals surface area contributed by atoms with Crippen molar-refractivity contribution in [1.82, 2.24) is 0 Å². The van der Waals surface area contributed by atoms with Crippen LogP contribution < -0.4 is 10.5 Å². The molecule has 0 amide bonds. The zero-order chi connectivity index (χ0) is 10.0. The normalized spacial score (nSPS) is 10.5. The quantitative estimate of drug-likeness (QED) is 0.728. The van der Waals surface area contributed by atoms with Crippen LogP contribution in [0.15, 0.2) is 12.1 Å². The first-order valence-corrected chi connectivity index (χ1v) is 3.51. The second-order valence-corrected chi connectivity index (χ2v) is 2.49. The Labute approximate surface area is 73.1 Å². The maximum atomic E-state index is 12.8. The molecule has 2 N–H and O–H groups in total. The van der Waals surface area contributed by atoms with Gasteiger partial charge in [0.05, 0.1) is 0 Å². The topological polar surface area (TPSA) is 35.2 Å². The largest absolute Gasteiger partial charge is 0.432 e. The number of hydrogen-bond acceptors (Lipinski definition) is 2. The van der Waals surface area contributed by atoms with E-state index in [1.165, 1.54) is 13.0 Å². The third-order valence-electron chi connectivity index (χ3n) is 1.55. The molecule has 5 heteroatoms. The van der Waals surface area contributed by atoms with Crippen molar-refractivity contribution < 1.29 is 17.9 Å². The Balaban J connectivity index is 3.10. The second kappa shape index (κ2) is 3.55. The fourth-order valence-corrected chi connectivity index (χ4v) is 0.930. The Morgan fingerprint density at radius 3 is 2.54 bits per heavy atom. The summed E-state index contributed by atoms with van der Waals surface area (Å²) >= 11 is 0. The van der Waals surface area contributed by atoms with Gasteiger partial charge in [0.25, 0.3) is 0 Å². The molecule has 0 spiro atoms. The van der Waals surface area contributed by atoms with E-state index in [4.69, 9.17) is 5.73 Å². The number of rotatable bonds is 2. The average Bonchev–Trinajstić information content (AvgIpc) is 2.05. The molecule has 1 aromatic rings. The van der Waals surface area contributed by atoms with Crippen LogP contribution in [0.25, 0.3) is 0 Å². The molecule has 0 bridgehead atoms. The van der Waals surface area contributed by atoms with Crippen LogP contribution in [0, 0.1) is 12.7 Å². The Morgan fingerprint density at radius 1 is 1.38 bits per heavy atom. The summed E-state index contributed by atoms with van der Waals surface area (Å²) in [5, 5.41) is 0. The molecule has 0 aliphatic heterocycles. The number of halogens is 3. The second-order valence-electron chi connectivity index (χ2n) is 2.49. The molecular weight excluding hydrogens is 183 g/mol. The summed E-state index contributed by atoms with van der Waals surface area (Å²) in [5.74, 6) is -1.06. The molecule has 2 nitrogen and oxygen atoms in total. The molecule has 1 aromatic carbocycles. The lowest BCUT2D eigenvalue weighted by Crippen LogP contribution is -2.07. The minimum absolute atomic E-state index is 0.296. The van der Waals surface area contributed by atoms with Gasteiger partial charge in [0.2, 0.25) is 0 Å². The van der Waals surface area contributed by atoms with E-state index in [0.717, 1.165) is 6.07 Å². The lowest BCUT2D eigenvalue weighted by molar-refractivity contribution is -0.0498. The van der Waals surface area contributed by atoms with E-state index in [1.54, 1.807) is 0 Å². The van der Waals surface area contributed by atoms with E-state index in [9.17, 15) is 13.2 Å². The van der Waals surface area contributed by atoms with Crippen molar-refractivity contribution >= 4 is 5.69 Å². The van der Waals surface area contributed by atoms with Gasteiger partial charge in [-0.2, -0.15) is 8.78 Å². The fourth-order valence-electron chi connectivity index (χ4n) is 0.930. The maximum absolute atomic E-state index is 12.8. The van der Waals surface area contributed by atoms with E-state index < -0.39 is 12.4 Å². The van der Waals surface area contributed by atoms with Crippen molar-refractivity contribution in [2.24, 2.45) is 0 Å². The number of anilines is 1. The van der Waals surface area contributed by atoms with Crippen LogP contribution in [0.2, 0.25) is 0 Å². The molecule has 0 atom stereocenters. The summed E-state index contributed by atoms with van der Waals surface area (Å²) in [6, 6.07) is 2.42. The smallest absolute Gasteiger partial charge is 0.387 e. The van der Waals surface area contributed by atoms with Crippen LogP contribution in [0.1, 0.15) is 5.56 Å². The number of ether oxygens (including phenoxy) is 1. The number of hydrogen-bond donors (Lipinski definition) is 1. The van der Waals surface area contributed by atoms with E-state index in [-0.39, 0.29) is 11.4 Å². The highest BCUT2D eigenvalue weighted by Gasteiger charge is 2.13. The molecule has 72 valence electrons. The monoisotopic (exact) mass is 191 g/mol. The molecule has 0 aliphatic rings. The van der Waals surface area contributed by atoms with Gasteiger partial charge in [-0.05, 0) is 18.6 Å². The Bertz CT molecular complexity index is 315. The van der Waals surface area contributed by atoms with E-state index in [1.807, 2.05) is 0 Å². The van der Waals surface area contributed by atoms with Crippen molar-refractivity contribution in [2.45, 2.75) is 13.5 Å². The van der Waals surface area contributed by atoms with Crippen molar-refractivity contribution in [3.05, 3.63) is 23.5 Å². The van der Waals surface area contributed by atoms with E-state index >= 15 is 0 Å². The first-order chi connectivity index (χ1) is 6.02. The summed E-state index contributed by atoms with van der Waals surface area (Å²) < 4.78 is 40.4. The van der Waals surface area contributed by atoms with E-state index in [0.29, 0.717) is 5.56 Å². The molecule has 0 heterocycles. The minimum atomic E-state index is -3.00. The van der Waals surface area contributed by atoms with Crippen LogP contribution in [0.5, 0.6) is 5.75 Å². The lowest BCUT2D eigenvalue weighted by atomic mass is 10.2. The molecule has 0 aliphatic carbocycles. The van der Waals surface area contributed by atoms with Crippen molar-refractivity contribution in [1.29, 1.82) is 0 Å². The number of aryl methyl sites for hydroxylation is 1. The number of nitrogens with two attached hydrogens (primary N) is 1. The molecule has 0 aromatic heterocycles. The maximum Gasteiger partial charge on any atom is 0.387 e. The lowest BCUT2D eigenvalue weighted by Gasteiger charge is -2.10. The molecule has 13 heavy (non-hydrogen) atoms. The van der Waals surface area contributed by atoms with Crippen molar-refractivity contribution in [2.75, 3.05) is 5.73 Å². The highest BCUT2D eigenvalue weighted by Crippen LogP contribution is 2.29.